The lowest BCUT2D eigenvalue weighted by molar-refractivity contribution is -0.597. The lowest BCUT2D eigenvalue weighted by atomic mass is 9.59. The zero-order valence-corrected chi connectivity index (χ0v) is 55.4. The molecule has 6 aliphatic heterocycles. The third-order valence-corrected chi connectivity index (χ3v) is 18.8. The molecule has 10 atom stereocenters. The number of phenolic OH excluding ortho intramolecular Hbond substituents is 9. The van der Waals surface area contributed by atoms with Crippen molar-refractivity contribution in [3.63, 3.8) is 0 Å². The zero-order valence-electron chi connectivity index (χ0n) is 55.4. The van der Waals surface area contributed by atoms with Crippen LogP contribution in [0.4, 0.5) is 0 Å². The van der Waals surface area contributed by atoms with Gasteiger partial charge in [-0.15, -0.1) is 0 Å². The molecule has 0 aliphatic carbocycles. The number of rotatable bonds is 14. The summed E-state index contributed by atoms with van der Waals surface area (Å²) in [7, 11) is 0. The second-order valence-corrected chi connectivity index (χ2v) is 25.8. The van der Waals surface area contributed by atoms with Crippen molar-refractivity contribution >= 4 is 48.6 Å². The van der Waals surface area contributed by atoms with Gasteiger partial charge in [0, 0.05) is 38.1 Å². The average Bonchev–Trinajstić information content (AvgIpc) is 0.654. The normalized spacial score (nSPS) is 28.9. The van der Waals surface area contributed by atoms with Crippen molar-refractivity contribution in [3.05, 3.63) is 220 Å². The lowest BCUT2D eigenvalue weighted by Gasteiger charge is -2.75. The van der Waals surface area contributed by atoms with Crippen molar-refractivity contribution in [2.45, 2.75) is 119 Å². The molecule has 8 aromatic rings. The summed E-state index contributed by atoms with van der Waals surface area (Å²) >= 11 is 0. The molecule has 21 nitrogen and oxygen atoms in total. The number of fused-ring (bicyclic) bond motifs is 4. The summed E-state index contributed by atoms with van der Waals surface area (Å²) in [4.78, 5) is 0. The molecule has 0 amide bonds. The summed E-state index contributed by atoms with van der Waals surface area (Å²) in [6.45, 7) is 12.6. The van der Waals surface area contributed by atoms with Crippen LogP contribution < -0.4 is 9.47 Å². The summed E-state index contributed by atoms with van der Waals surface area (Å²) in [6.07, 6.45) is 14.5. The van der Waals surface area contributed by atoms with Gasteiger partial charge < -0.3 is 95.5 Å². The standard InChI is InChI=1S/C25H30O7.C24H28O8.2C14H12O3/c1-16-6-8-17(9-7-16)10-11-18-12-19(27)14-20(13-18)30-24(5)21(2,28)23(4)22(3,29)25(15-26,31-23)32-24;1-20(28)22(3)21(2,29)24(14-25,31-22)32-23(20,4)30-19-12-16(11-18(27)13-19)6-5-15-7-9-17(26)10-8-15;2*15-12-5-3-10(4-6-12)1-2-11-7-13(16)9-14(17)8-11/h6-14,26-29H,15H2,1-5H3;5-13,25-29H,14H2,1-4H3;2*1-9,15-17H/b11-10-;6-5+;2-1+;2-1-. The zero-order chi connectivity index (χ0) is 71.7. The Labute approximate surface area is 566 Å². The highest BCUT2D eigenvalue weighted by molar-refractivity contribution is 5.74. The first kappa shape index (κ1) is 72.4. The van der Waals surface area contributed by atoms with Gasteiger partial charge in [-0.2, -0.15) is 0 Å². The number of benzene rings is 8. The summed E-state index contributed by atoms with van der Waals surface area (Å²) < 4.78 is 35.2. The van der Waals surface area contributed by atoms with Gasteiger partial charge in [-0.1, -0.05) is 115 Å². The topological polar surface area (TPSA) is 359 Å². The van der Waals surface area contributed by atoms with Crippen molar-refractivity contribution in [2.75, 3.05) is 13.2 Å². The third-order valence-electron chi connectivity index (χ3n) is 18.8. The fourth-order valence-electron chi connectivity index (χ4n) is 12.1. The first-order chi connectivity index (χ1) is 45.8. The Morgan fingerprint density at radius 3 is 0.776 bits per heavy atom. The number of aliphatic hydroxyl groups is 6. The Morgan fingerprint density at radius 2 is 0.520 bits per heavy atom. The second-order valence-electron chi connectivity index (χ2n) is 25.8. The van der Waals surface area contributed by atoms with Gasteiger partial charge in [0.05, 0.1) is 0 Å². The molecule has 4 bridgehead atoms. The fraction of sp³-hybridized carbons (Fsp3) is 0.273. The van der Waals surface area contributed by atoms with Gasteiger partial charge in [0.25, 0.3) is 0 Å². The van der Waals surface area contributed by atoms with Crippen LogP contribution in [0.1, 0.15) is 105 Å². The highest BCUT2D eigenvalue weighted by Crippen LogP contribution is 2.66. The van der Waals surface area contributed by atoms with Gasteiger partial charge in [0.2, 0.25) is 23.1 Å². The van der Waals surface area contributed by atoms with Crippen molar-refractivity contribution in [1.82, 2.24) is 0 Å². The molecule has 21 heteroatoms. The maximum atomic E-state index is 11.4. The van der Waals surface area contributed by atoms with E-state index in [2.05, 4.69) is 0 Å². The highest BCUT2D eigenvalue weighted by Gasteiger charge is 2.88. The van der Waals surface area contributed by atoms with Crippen LogP contribution in [0.5, 0.6) is 63.2 Å². The average molecular weight is 1340 g/mol. The SMILES string of the molecule is CC1(Oc2cc(O)cc(/C=C/c3ccc(O)cc3)c2)OC2(CO)OC(C)(C1(C)O)C2(C)O.Cc1ccc(/C=C\c2cc(O)cc(OC3(C)OC4(CO)OC(C)(C3(C)O)C4(C)O)c2)cc1.Oc1ccc(/C=C/c2cc(O)cc(O)c2)cc1.Oc1ccc(/C=C\c2cc(O)cc(O)c2)cc1. The Kier molecular flexibility index (Phi) is 20.1. The van der Waals surface area contributed by atoms with Gasteiger partial charge in [-0.3, -0.25) is 9.47 Å². The summed E-state index contributed by atoms with van der Waals surface area (Å²) in [6, 6.07) is 46.1. The molecule has 0 aromatic heterocycles. The second kappa shape index (κ2) is 27.2. The smallest absolute Gasteiger partial charge is 0.242 e. The molecule has 0 spiro atoms. The van der Waals surface area contributed by atoms with Gasteiger partial charge in [0.1, 0.15) is 98.9 Å². The molecule has 14 rings (SSSR count). The monoisotopic (exact) mass is 1340 g/mol. The predicted molar refractivity (Wildman–Crippen MR) is 368 cm³/mol. The molecule has 6 heterocycles. The van der Waals surface area contributed by atoms with Crippen LogP contribution in [0.15, 0.2) is 170 Å². The van der Waals surface area contributed by atoms with E-state index in [1.54, 1.807) is 146 Å². The van der Waals surface area contributed by atoms with Crippen LogP contribution >= 0.6 is 0 Å². The number of hydrogen-bond donors (Lipinski definition) is 15. The maximum Gasteiger partial charge on any atom is 0.242 e. The van der Waals surface area contributed by atoms with E-state index in [-0.39, 0.29) is 63.2 Å². The van der Waals surface area contributed by atoms with Crippen molar-refractivity contribution in [1.29, 1.82) is 0 Å². The van der Waals surface area contributed by atoms with E-state index in [1.807, 2.05) is 55.5 Å². The van der Waals surface area contributed by atoms with E-state index in [0.717, 1.165) is 22.3 Å². The minimum absolute atomic E-state index is 0.0235. The van der Waals surface area contributed by atoms with E-state index in [1.165, 1.54) is 84.4 Å². The molecule has 0 saturated carbocycles. The van der Waals surface area contributed by atoms with Crippen molar-refractivity contribution in [3.8, 4) is 63.2 Å². The molecule has 6 aliphatic rings. The molecular formula is C77H82O21. The number of phenols is 9. The van der Waals surface area contributed by atoms with E-state index >= 15 is 0 Å². The molecule has 15 N–H and O–H groups in total. The highest BCUT2D eigenvalue weighted by atomic mass is 16.9. The number of aliphatic hydroxyl groups excluding tert-OH is 2. The van der Waals surface area contributed by atoms with Crippen molar-refractivity contribution < 1.29 is 105 Å². The van der Waals surface area contributed by atoms with Gasteiger partial charge >= 0.3 is 0 Å². The number of hydrogen-bond acceptors (Lipinski definition) is 21. The minimum atomic E-state index is -1.84. The molecule has 0 radical (unpaired) electrons. The summed E-state index contributed by atoms with van der Waals surface area (Å²) in [5.74, 6) is -5.88. The summed E-state index contributed by atoms with van der Waals surface area (Å²) in [5, 5.41) is 150. The van der Waals surface area contributed by atoms with Crippen LogP contribution in [-0.4, -0.2) is 147 Å². The molecule has 516 valence electrons. The van der Waals surface area contributed by atoms with Crippen LogP contribution in [0, 0.1) is 6.92 Å². The van der Waals surface area contributed by atoms with Crippen LogP contribution in [0.25, 0.3) is 48.6 Å². The Morgan fingerprint density at radius 1 is 0.286 bits per heavy atom. The van der Waals surface area contributed by atoms with E-state index in [4.69, 9.17) is 38.6 Å². The first-order valence-electron chi connectivity index (χ1n) is 31.1. The largest absolute Gasteiger partial charge is 0.508 e. The Balaban J connectivity index is 0.000000160. The van der Waals surface area contributed by atoms with E-state index in [9.17, 15) is 66.4 Å². The number of aromatic hydroxyl groups is 9. The predicted octanol–water partition coefficient (Wildman–Crippen LogP) is 11.3. The fourth-order valence-corrected chi connectivity index (χ4v) is 12.1. The molecule has 8 aromatic carbocycles. The Bertz CT molecular complexity index is 3960. The van der Waals surface area contributed by atoms with Crippen LogP contribution in [0.3, 0.4) is 0 Å². The van der Waals surface area contributed by atoms with Crippen LogP contribution in [-0.2, 0) is 18.9 Å². The summed E-state index contributed by atoms with van der Waals surface area (Å²) in [5.41, 5.74) is -2.41. The number of ether oxygens (including phenoxy) is 6. The van der Waals surface area contributed by atoms with E-state index < -0.39 is 70.0 Å². The lowest BCUT2D eigenvalue weighted by Crippen LogP contribution is -2.96. The molecule has 6 fully saturated rings. The quantitative estimate of drug-likeness (QED) is 0.0450. The third kappa shape index (κ3) is 14.1. The minimum Gasteiger partial charge on any atom is -0.508 e. The van der Waals surface area contributed by atoms with Gasteiger partial charge in [-0.25, -0.2) is 0 Å². The van der Waals surface area contributed by atoms with Crippen molar-refractivity contribution in [2.24, 2.45) is 0 Å². The molecular weight excluding hydrogens is 1260 g/mol. The molecule has 10 unspecified atom stereocenters. The molecule has 6 saturated heterocycles. The van der Waals surface area contributed by atoms with Gasteiger partial charge in [0.15, 0.2) is 11.2 Å². The van der Waals surface area contributed by atoms with Crippen LogP contribution in [0.2, 0.25) is 0 Å². The molecule has 98 heavy (non-hydrogen) atoms. The first-order valence-corrected chi connectivity index (χ1v) is 31.1. The van der Waals surface area contributed by atoms with Gasteiger partial charge in [-0.05, 0) is 178 Å². The maximum absolute atomic E-state index is 11.4. The number of aryl methyl sites for hydroxylation is 1. The van der Waals surface area contributed by atoms with E-state index in [0.29, 0.717) is 22.3 Å². The Hall–Kier alpha value is -9.88.